The average molecular weight is 197 g/mol. The van der Waals surface area contributed by atoms with Crippen LogP contribution in [0.3, 0.4) is 0 Å². The van der Waals surface area contributed by atoms with Crippen molar-refractivity contribution in [2.45, 2.75) is 6.42 Å². The number of carboxylic acids is 1. The van der Waals surface area contributed by atoms with Crippen molar-refractivity contribution in [3.63, 3.8) is 0 Å². The van der Waals surface area contributed by atoms with E-state index < -0.39 is 5.97 Å². The highest BCUT2D eigenvalue weighted by molar-refractivity contribution is 6.33. The van der Waals surface area contributed by atoms with Crippen LogP contribution in [-0.4, -0.2) is 11.1 Å². The lowest BCUT2D eigenvalue weighted by Gasteiger charge is -2.01. The monoisotopic (exact) mass is 196 g/mol. The van der Waals surface area contributed by atoms with E-state index in [1.807, 2.05) is 0 Å². The second-order valence-corrected chi connectivity index (χ2v) is 3.02. The molecule has 0 aliphatic heterocycles. The molecule has 3 heteroatoms. The summed E-state index contributed by atoms with van der Waals surface area (Å²) in [7, 11) is 0. The number of rotatable bonds is 3. The first-order chi connectivity index (χ1) is 6.15. The normalized spacial score (nSPS) is 9.62. The Hall–Kier alpha value is -1.28. The van der Waals surface area contributed by atoms with Crippen LogP contribution in [0.1, 0.15) is 15.9 Å². The molecular weight excluding hydrogens is 188 g/mol. The van der Waals surface area contributed by atoms with Crippen LogP contribution in [0.5, 0.6) is 0 Å². The molecule has 0 aliphatic rings. The van der Waals surface area contributed by atoms with Crippen LogP contribution in [0.25, 0.3) is 0 Å². The highest BCUT2D eigenvalue weighted by atomic mass is 35.5. The van der Waals surface area contributed by atoms with Gasteiger partial charge in [-0.3, -0.25) is 0 Å². The largest absolute Gasteiger partial charge is 0.478 e. The smallest absolute Gasteiger partial charge is 0.337 e. The van der Waals surface area contributed by atoms with E-state index in [0.29, 0.717) is 6.42 Å². The number of aromatic carboxylic acids is 1. The van der Waals surface area contributed by atoms with Gasteiger partial charge in [0, 0.05) is 0 Å². The lowest BCUT2D eigenvalue weighted by atomic mass is 10.1. The van der Waals surface area contributed by atoms with Gasteiger partial charge < -0.3 is 5.11 Å². The molecule has 1 aromatic carbocycles. The molecule has 0 heterocycles. The van der Waals surface area contributed by atoms with E-state index in [1.165, 1.54) is 0 Å². The molecule has 2 nitrogen and oxygen atoms in total. The molecule has 0 saturated heterocycles. The van der Waals surface area contributed by atoms with Crippen molar-refractivity contribution in [2.24, 2.45) is 0 Å². The van der Waals surface area contributed by atoms with Gasteiger partial charge in [0.05, 0.1) is 10.6 Å². The Morgan fingerprint density at radius 1 is 1.62 bits per heavy atom. The Balaban J connectivity index is 3.10. The van der Waals surface area contributed by atoms with Gasteiger partial charge in [-0.25, -0.2) is 4.79 Å². The van der Waals surface area contributed by atoms with Crippen molar-refractivity contribution in [1.29, 1.82) is 0 Å². The maximum atomic E-state index is 10.7. The van der Waals surface area contributed by atoms with Gasteiger partial charge in [0.15, 0.2) is 0 Å². The lowest BCUT2D eigenvalue weighted by molar-refractivity contribution is 0.0697. The first-order valence-corrected chi connectivity index (χ1v) is 4.15. The first kappa shape index (κ1) is 9.81. The van der Waals surface area contributed by atoms with Crippen LogP contribution in [0.2, 0.25) is 5.02 Å². The minimum absolute atomic E-state index is 0.140. The van der Waals surface area contributed by atoms with Crippen LogP contribution in [-0.2, 0) is 6.42 Å². The van der Waals surface area contributed by atoms with Crippen LogP contribution >= 0.6 is 11.6 Å². The van der Waals surface area contributed by atoms with E-state index in [4.69, 9.17) is 16.7 Å². The molecule has 0 unspecified atom stereocenters. The summed E-state index contributed by atoms with van der Waals surface area (Å²) in [6.07, 6.45) is 2.37. The minimum atomic E-state index is -1.00. The van der Waals surface area contributed by atoms with Gasteiger partial charge in [-0.2, -0.15) is 0 Å². The van der Waals surface area contributed by atoms with Gasteiger partial charge >= 0.3 is 5.97 Å². The molecule has 0 radical (unpaired) electrons. The molecule has 13 heavy (non-hydrogen) atoms. The van der Waals surface area contributed by atoms with E-state index in [2.05, 4.69) is 6.58 Å². The molecule has 1 aromatic rings. The van der Waals surface area contributed by atoms with Gasteiger partial charge in [-0.1, -0.05) is 23.7 Å². The summed E-state index contributed by atoms with van der Waals surface area (Å²) in [5.41, 5.74) is 1.04. The molecule has 68 valence electrons. The summed E-state index contributed by atoms with van der Waals surface area (Å²) in [5, 5.41) is 9.01. The zero-order valence-corrected chi connectivity index (χ0v) is 7.71. The van der Waals surface area contributed by atoms with E-state index in [9.17, 15) is 4.79 Å². The van der Waals surface area contributed by atoms with Crippen molar-refractivity contribution in [2.75, 3.05) is 0 Å². The Kier molecular flexibility index (Phi) is 3.09. The summed E-state index contributed by atoms with van der Waals surface area (Å²) < 4.78 is 0. The Labute approximate surface area is 81.5 Å². The fraction of sp³-hybridized carbons (Fsp3) is 0.100. The molecule has 0 spiro atoms. The first-order valence-electron chi connectivity index (χ1n) is 3.77. The zero-order valence-electron chi connectivity index (χ0n) is 6.96. The van der Waals surface area contributed by atoms with Gasteiger partial charge in [-0.15, -0.1) is 6.58 Å². The predicted molar refractivity (Wildman–Crippen MR) is 52.3 cm³/mol. The van der Waals surface area contributed by atoms with E-state index in [1.54, 1.807) is 24.3 Å². The summed E-state index contributed by atoms with van der Waals surface area (Å²) in [4.78, 5) is 10.7. The average Bonchev–Trinajstić information content (AvgIpc) is 2.08. The van der Waals surface area contributed by atoms with Crippen molar-refractivity contribution >= 4 is 17.6 Å². The highest BCUT2D eigenvalue weighted by Crippen LogP contribution is 2.17. The number of carboxylic acid groups (broad SMARTS) is 1. The topological polar surface area (TPSA) is 37.3 Å². The lowest BCUT2D eigenvalue weighted by Crippen LogP contribution is -1.98. The zero-order chi connectivity index (χ0) is 9.84. The van der Waals surface area contributed by atoms with Crippen LogP contribution in [0.4, 0.5) is 0 Å². The number of halogens is 1. The predicted octanol–water partition coefficient (Wildman–Crippen LogP) is 2.77. The van der Waals surface area contributed by atoms with Gasteiger partial charge in [0.1, 0.15) is 0 Å². The van der Waals surface area contributed by atoms with Crippen LogP contribution in [0.15, 0.2) is 30.9 Å². The molecule has 0 aliphatic carbocycles. The van der Waals surface area contributed by atoms with E-state index >= 15 is 0 Å². The third-order valence-corrected chi connectivity index (χ3v) is 1.97. The van der Waals surface area contributed by atoms with Gasteiger partial charge in [-0.05, 0) is 24.1 Å². The van der Waals surface area contributed by atoms with Crippen molar-refractivity contribution in [3.05, 3.63) is 47.0 Å². The number of carbonyl (C=O) groups is 1. The Morgan fingerprint density at radius 3 is 2.85 bits per heavy atom. The fourth-order valence-corrected chi connectivity index (χ4v) is 1.23. The number of allylic oxidation sites excluding steroid dienone is 1. The maximum absolute atomic E-state index is 10.7. The molecule has 0 atom stereocenters. The molecule has 0 aromatic heterocycles. The number of benzene rings is 1. The minimum Gasteiger partial charge on any atom is -0.478 e. The molecule has 0 amide bonds. The standard InChI is InChI=1S/C10H9ClO2/c1-2-3-7-4-5-9(11)8(6-7)10(12)13/h2,4-6H,1,3H2,(H,12,13). The summed E-state index contributed by atoms with van der Waals surface area (Å²) >= 11 is 5.68. The van der Waals surface area contributed by atoms with Crippen LogP contribution < -0.4 is 0 Å². The highest BCUT2D eigenvalue weighted by Gasteiger charge is 2.08. The second-order valence-electron chi connectivity index (χ2n) is 2.61. The second kappa shape index (κ2) is 4.10. The number of hydrogen-bond acceptors (Lipinski definition) is 1. The van der Waals surface area contributed by atoms with E-state index in [-0.39, 0.29) is 10.6 Å². The molecule has 0 bridgehead atoms. The fourth-order valence-electron chi connectivity index (χ4n) is 1.03. The SMILES string of the molecule is C=CCc1ccc(Cl)c(C(=O)O)c1. The van der Waals surface area contributed by atoms with Crippen molar-refractivity contribution in [3.8, 4) is 0 Å². The molecule has 0 fully saturated rings. The molecule has 0 saturated carbocycles. The third-order valence-electron chi connectivity index (χ3n) is 1.64. The Morgan fingerprint density at radius 2 is 2.31 bits per heavy atom. The summed E-state index contributed by atoms with van der Waals surface area (Å²) in [6.45, 7) is 3.57. The van der Waals surface area contributed by atoms with Gasteiger partial charge in [0.25, 0.3) is 0 Å². The van der Waals surface area contributed by atoms with Gasteiger partial charge in [0.2, 0.25) is 0 Å². The van der Waals surface area contributed by atoms with Crippen molar-refractivity contribution in [1.82, 2.24) is 0 Å². The summed E-state index contributed by atoms with van der Waals surface area (Å²) in [5.74, 6) is -1.00. The molecule has 1 rings (SSSR count). The third kappa shape index (κ3) is 2.33. The van der Waals surface area contributed by atoms with Crippen molar-refractivity contribution < 1.29 is 9.90 Å². The van der Waals surface area contributed by atoms with E-state index in [0.717, 1.165) is 5.56 Å². The Bertz CT molecular complexity index is 345. The summed E-state index contributed by atoms with van der Waals surface area (Å²) in [6, 6.07) is 4.94. The molecule has 1 N–H and O–H groups in total. The maximum Gasteiger partial charge on any atom is 0.337 e. The van der Waals surface area contributed by atoms with Crippen LogP contribution in [0, 0.1) is 0 Å². The number of hydrogen-bond donors (Lipinski definition) is 1. The molecular formula is C10H9ClO2. The quantitative estimate of drug-likeness (QED) is 0.755.